The molecule has 0 bridgehead atoms. The Morgan fingerprint density at radius 3 is 2.62 bits per heavy atom. The van der Waals surface area contributed by atoms with Crippen LogP contribution in [0.25, 0.3) is 0 Å². The Morgan fingerprint density at radius 1 is 1.06 bits per heavy atom. The highest BCUT2D eigenvalue weighted by Crippen LogP contribution is 2.28. The molecule has 1 unspecified atom stereocenters. The third-order valence-corrected chi connectivity index (χ3v) is 3.25. The molecule has 1 atom stereocenters. The van der Waals surface area contributed by atoms with E-state index in [1.807, 2.05) is 6.07 Å². The van der Waals surface area contributed by atoms with Crippen LogP contribution in [0.1, 0.15) is 43.7 Å². The highest BCUT2D eigenvalue weighted by atomic mass is 15.2. The first-order valence-electron chi connectivity index (χ1n) is 6.12. The van der Waals surface area contributed by atoms with E-state index in [0.717, 1.165) is 0 Å². The number of hydrogen-bond donors (Lipinski definition) is 2. The summed E-state index contributed by atoms with van der Waals surface area (Å²) in [5.74, 6) is 5.70. The molecule has 16 heavy (non-hydrogen) atoms. The van der Waals surface area contributed by atoms with Gasteiger partial charge < -0.3 is 0 Å². The fourth-order valence-corrected chi connectivity index (χ4v) is 2.36. The molecular formula is C14H20N2. The Morgan fingerprint density at radius 2 is 1.88 bits per heavy atom. The van der Waals surface area contributed by atoms with E-state index in [9.17, 15) is 0 Å². The van der Waals surface area contributed by atoms with Gasteiger partial charge in [-0.3, -0.25) is 5.84 Å². The van der Waals surface area contributed by atoms with E-state index >= 15 is 0 Å². The Kier molecular flexibility index (Phi) is 4.14. The third kappa shape index (κ3) is 2.71. The van der Waals surface area contributed by atoms with Crippen molar-refractivity contribution in [3.05, 3.63) is 47.5 Å². The molecular weight excluding hydrogens is 196 g/mol. The molecule has 0 spiro atoms. The highest BCUT2D eigenvalue weighted by Gasteiger charge is 2.15. The molecule has 0 aromatic heterocycles. The summed E-state index contributed by atoms with van der Waals surface area (Å²) in [6.07, 6.45) is 8.67. The Labute approximate surface area is 97.5 Å². The summed E-state index contributed by atoms with van der Waals surface area (Å²) in [6, 6.07) is 10.6. The zero-order valence-electron chi connectivity index (χ0n) is 9.65. The molecule has 86 valence electrons. The number of hydrogen-bond acceptors (Lipinski definition) is 2. The van der Waals surface area contributed by atoms with Gasteiger partial charge >= 0.3 is 0 Å². The maximum Gasteiger partial charge on any atom is 0.0670 e. The SMILES string of the molecule is NNC(C1=CCCCCC1)c1ccccc1. The first-order valence-corrected chi connectivity index (χ1v) is 6.12. The molecule has 3 N–H and O–H groups in total. The van der Waals surface area contributed by atoms with Crippen molar-refractivity contribution in [2.75, 3.05) is 0 Å². The molecule has 0 saturated heterocycles. The van der Waals surface area contributed by atoms with E-state index in [1.165, 1.54) is 43.2 Å². The molecule has 2 heteroatoms. The zero-order valence-corrected chi connectivity index (χ0v) is 9.65. The molecule has 0 aliphatic heterocycles. The van der Waals surface area contributed by atoms with Gasteiger partial charge in [-0.1, -0.05) is 48.4 Å². The fraction of sp³-hybridized carbons (Fsp3) is 0.429. The highest BCUT2D eigenvalue weighted by molar-refractivity contribution is 5.28. The van der Waals surface area contributed by atoms with E-state index < -0.39 is 0 Å². The van der Waals surface area contributed by atoms with Crippen molar-refractivity contribution >= 4 is 0 Å². The van der Waals surface area contributed by atoms with Crippen LogP contribution in [0.5, 0.6) is 0 Å². The largest absolute Gasteiger partial charge is 0.271 e. The van der Waals surface area contributed by atoms with E-state index in [4.69, 9.17) is 5.84 Å². The van der Waals surface area contributed by atoms with Crippen molar-refractivity contribution in [3.63, 3.8) is 0 Å². The van der Waals surface area contributed by atoms with Gasteiger partial charge in [0.05, 0.1) is 6.04 Å². The molecule has 0 radical (unpaired) electrons. The lowest BCUT2D eigenvalue weighted by Gasteiger charge is -2.19. The second-order valence-electron chi connectivity index (χ2n) is 4.39. The minimum absolute atomic E-state index is 0.194. The summed E-state index contributed by atoms with van der Waals surface area (Å²) < 4.78 is 0. The predicted molar refractivity (Wildman–Crippen MR) is 67.7 cm³/mol. The lowest BCUT2D eigenvalue weighted by Crippen LogP contribution is -2.29. The molecule has 0 fully saturated rings. The third-order valence-electron chi connectivity index (χ3n) is 3.25. The number of hydrazine groups is 1. The van der Waals surface area contributed by atoms with E-state index in [-0.39, 0.29) is 6.04 Å². The van der Waals surface area contributed by atoms with Crippen molar-refractivity contribution < 1.29 is 0 Å². The Bertz CT molecular complexity index is 343. The first kappa shape index (κ1) is 11.4. The van der Waals surface area contributed by atoms with Gasteiger partial charge in [-0.15, -0.1) is 0 Å². The quantitative estimate of drug-likeness (QED) is 0.463. The zero-order chi connectivity index (χ0) is 11.2. The lowest BCUT2D eigenvalue weighted by molar-refractivity contribution is 0.593. The van der Waals surface area contributed by atoms with Gasteiger partial charge in [0.15, 0.2) is 0 Å². The standard InChI is InChI=1S/C14H20N2/c15-16-14(13-10-6-3-7-11-13)12-8-4-1-2-5-9-12/h3,6-8,10-11,14,16H,1-2,4-5,9,15H2. The van der Waals surface area contributed by atoms with Crippen LogP contribution in [0.2, 0.25) is 0 Å². The molecule has 2 rings (SSSR count). The van der Waals surface area contributed by atoms with Crippen LogP contribution in [0.4, 0.5) is 0 Å². The van der Waals surface area contributed by atoms with Gasteiger partial charge in [0.25, 0.3) is 0 Å². The number of rotatable bonds is 3. The summed E-state index contributed by atoms with van der Waals surface area (Å²) in [5, 5.41) is 0. The average Bonchev–Trinajstić information content (AvgIpc) is 2.61. The van der Waals surface area contributed by atoms with E-state index in [1.54, 1.807) is 0 Å². The van der Waals surface area contributed by atoms with Crippen LogP contribution in [-0.2, 0) is 0 Å². The van der Waals surface area contributed by atoms with Crippen LogP contribution < -0.4 is 11.3 Å². The van der Waals surface area contributed by atoms with Crippen molar-refractivity contribution in [2.24, 2.45) is 5.84 Å². The van der Waals surface area contributed by atoms with Crippen LogP contribution >= 0.6 is 0 Å². The van der Waals surface area contributed by atoms with E-state index in [0.29, 0.717) is 0 Å². The van der Waals surface area contributed by atoms with Crippen LogP contribution in [0.3, 0.4) is 0 Å². The summed E-state index contributed by atoms with van der Waals surface area (Å²) >= 11 is 0. The van der Waals surface area contributed by atoms with Crippen molar-refractivity contribution in [2.45, 2.75) is 38.1 Å². The normalized spacial score (nSPS) is 18.7. The first-order chi connectivity index (χ1) is 7.92. The minimum Gasteiger partial charge on any atom is -0.271 e. The maximum atomic E-state index is 5.70. The van der Waals surface area contributed by atoms with Gasteiger partial charge in [0.2, 0.25) is 0 Å². The summed E-state index contributed by atoms with van der Waals surface area (Å²) in [6.45, 7) is 0. The van der Waals surface area contributed by atoms with Crippen LogP contribution in [0.15, 0.2) is 42.0 Å². The van der Waals surface area contributed by atoms with Crippen molar-refractivity contribution in [1.82, 2.24) is 5.43 Å². The minimum atomic E-state index is 0.194. The van der Waals surface area contributed by atoms with Gasteiger partial charge in [0, 0.05) is 0 Å². The maximum absolute atomic E-state index is 5.70. The summed E-state index contributed by atoms with van der Waals surface area (Å²) in [5.41, 5.74) is 5.66. The second kappa shape index (κ2) is 5.83. The Hall–Kier alpha value is -1.12. The lowest BCUT2D eigenvalue weighted by atomic mass is 9.96. The fourth-order valence-electron chi connectivity index (χ4n) is 2.36. The second-order valence-corrected chi connectivity index (χ2v) is 4.39. The van der Waals surface area contributed by atoms with Crippen molar-refractivity contribution in [3.8, 4) is 0 Å². The van der Waals surface area contributed by atoms with Gasteiger partial charge in [-0.05, 0) is 31.2 Å². The molecule has 0 amide bonds. The molecule has 1 aliphatic carbocycles. The summed E-state index contributed by atoms with van der Waals surface area (Å²) in [4.78, 5) is 0. The number of nitrogens with one attached hydrogen (secondary N) is 1. The predicted octanol–water partition coefficient (Wildman–Crippen LogP) is 3.08. The van der Waals surface area contributed by atoms with Crippen LogP contribution in [0, 0.1) is 0 Å². The number of nitrogens with two attached hydrogens (primary N) is 1. The number of allylic oxidation sites excluding steroid dienone is 1. The molecule has 1 aromatic carbocycles. The molecule has 0 saturated carbocycles. The van der Waals surface area contributed by atoms with Gasteiger partial charge in [0.1, 0.15) is 0 Å². The monoisotopic (exact) mass is 216 g/mol. The Balaban J connectivity index is 2.18. The topological polar surface area (TPSA) is 38.0 Å². The molecule has 1 aromatic rings. The van der Waals surface area contributed by atoms with Crippen LogP contribution in [-0.4, -0.2) is 0 Å². The van der Waals surface area contributed by atoms with Crippen molar-refractivity contribution in [1.29, 1.82) is 0 Å². The molecule has 0 heterocycles. The molecule has 2 nitrogen and oxygen atoms in total. The average molecular weight is 216 g/mol. The smallest absolute Gasteiger partial charge is 0.0670 e. The molecule has 1 aliphatic rings. The number of benzene rings is 1. The summed E-state index contributed by atoms with van der Waals surface area (Å²) in [7, 11) is 0. The van der Waals surface area contributed by atoms with Gasteiger partial charge in [-0.2, -0.15) is 0 Å². The van der Waals surface area contributed by atoms with Gasteiger partial charge in [-0.25, -0.2) is 5.43 Å². The van der Waals surface area contributed by atoms with E-state index in [2.05, 4.69) is 35.8 Å².